The molecule has 7 nitrogen and oxygen atoms in total. The van der Waals surface area contributed by atoms with Crippen LogP contribution in [0.2, 0.25) is 0 Å². The molecule has 48 heavy (non-hydrogen) atoms. The van der Waals surface area contributed by atoms with Gasteiger partial charge in [0.15, 0.2) is 5.96 Å². The third kappa shape index (κ3) is 35.3. The molecule has 0 saturated heterocycles. The second-order valence-electron chi connectivity index (χ2n) is 14.2. The lowest BCUT2D eigenvalue weighted by Gasteiger charge is -2.19. The Balaban J connectivity index is 3.91. The van der Waals surface area contributed by atoms with E-state index in [0.29, 0.717) is 25.9 Å². The molecule has 7 heteroatoms. The van der Waals surface area contributed by atoms with Crippen molar-refractivity contribution in [2.45, 2.75) is 219 Å². The van der Waals surface area contributed by atoms with Gasteiger partial charge in [-0.15, -0.1) is 0 Å². The number of allylic oxidation sites excluding steroid dienone is 2. The Morgan fingerprint density at radius 2 is 0.938 bits per heavy atom. The fourth-order valence-electron chi connectivity index (χ4n) is 6.25. The summed E-state index contributed by atoms with van der Waals surface area (Å²) in [6.07, 6.45) is 42.7. The topological polar surface area (TPSA) is 120 Å². The Hall–Kier alpha value is -2.05. The number of rotatable bonds is 37. The van der Waals surface area contributed by atoms with E-state index in [-0.39, 0.29) is 17.8 Å². The van der Waals surface area contributed by atoms with Crippen LogP contribution in [0.15, 0.2) is 12.2 Å². The fourth-order valence-corrected chi connectivity index (χ4v) is 6.25. The van der Waals surface area contributed by atoms with E-state index in [4.69, 9.17) is 11.1 Å². The summed E-state index contributed by atoms with van der Waals surface area (Å²) >= 11 is 0. The third-order valence-electron chi connectivity index (χ3n) is 9.40. The summed E-state index contributed by atoms with van der Waals surface area (Å²) in [4.78, 5) is 25.5. The molecule has 0 bridgehead atoms. The van der Waals surface area contributed by atoms with Crippen molar-refractivity contribution in [3.8, 4) is 0 Å². The third-order valence-corrected chi connectivity index (χ3v) is 9.40. The smallest absolute Gasteiger partial charge is 0.242 e. The largest absolute Gasteiger partial charge is 0.370 e. The van der Waals surface area contributed by atoms with Crippen LogP contribution in [0, 0.1) is 5.41 Å². The lowest BCUT2D eigenvalue weighted by molar-refractivity contribution is -0.129. The van der Waals surface area contributed by atoms with Gasteiger partial charge < -0.3 is 21.7 Å². The Bertz CT molecular complexity index is 757. The van der Waals surface area contributed by atoms with Crippen LogP contribution in [-0.4, -0.2) is 36.9 Å². The van der Waals surface area contributed by atoms with Crippen molar-refractivity contribution in [2.75, 3.05) is 13.1 Å². The van der Waals surface area contributed by atoms with Crippen LogP contribution in [0.4, 0.5) is 0 Å². The molecule has 0 aromatic heterocycles. The van der Waals surface area contributed by atoms with E-state index >= 15 is 0 Å². The van der Waals surface area contributed by atoms with E-state index in [1.807, 2.05) is 0 Å². The van der Waals surface area contributed by atoms with Gasteiger partial charge in [0.2, 0.25) is 11.8 Å². The van der Waals surface area contributed by atoms with Gasteiger partial charge in [0.05, 0.1) is 0 Å². The summed E-state index contributed by atoms with van der Waals surface area (Å²) in [5.41, 5.74) is 5.41. The monoisotopic (exact) mass is 676 g/mol. The molecule has 6 N–H and O–H groups in total. The zero-order valence-corrected chi connectivity index (χ0v) is 32.0. The molecule has 282 valence electrons. The van der Waals surface area contributed by atoms with E-state index in [2.05, 4.69) is 41.9 Å². The Morgan fingerprint density at radius 3 is 1.38 bits per heavy atom. The number of guanidine groups is 1. The minimum atomic E-state index is -0.603. The first kappa shape index (κ1) is 46.0. The van der Waals surface area contributed by atoms with Gasteiger partial charge in [0.1, 0.15) is 6.04 Å². The molecule has 1 unspecified atom stereocenters. The fraction of sp³-hybridized carbons (Fsp3) is 0.878. The molecule has 0 aliphatic rings. The molecule has 0 spiro atoms. The summed E-state index contributed by atoms with van der Waals surface area (Å²) in [7, 11) is 0. The standard InChI is InChI=1S/C41H81N5O2/c1-3-5-7-9-11-13-15-17-19-21-23-25-27-29-31-33-36-44-40(48)38(35-37-45-41(42)43)46-39(47)34-32-30-28-26-24-22-20-18-16-14-12-10-8-6-4-2/h18,20,38H,3-17,19,21-37H2,1-2H3,(H,44,48)(H,46,47)(H4,42,43,45). The SMILES string of the molecule is CCCCCCCCC=CCCCCCCCC(=O)NC(CCNC(=N)N)C(=O)NCCCCCCCCCCCCCCCCCC. The predicted octanol–water partition coefficient (Wildman–Crippen LogP) is 10.8. The van der Waals surface area contributed by atoms with Crippen molar-refractivity contribution < 1.29 is 9.59 Å². The van der Waals surface area contributed by atoms with Crippen molar-refractivity contribution in [1.29, 1.82) is 5.41 Å². The maximum atomic E-state index is 12.9. The Morgan fingerprint density at radius 1 is 0.542 bits per heavy atom. The van der Waals surface area contributed by atoms with Crippen LogP contribution in [-0.2, 0) is 9.59 Å². The minimum absolute atomic E-state index is 0.0713. The van der Waals surface area contributed by atoms with Crippen LogP contribution in [0.1, 0.15) is 213 Å². The second-order valence-corrected chi connectivity index (χ2v) is 14.2. The number of hydrogen-bond acceptors (Lipinski definition) is 3. The lowest BCUT2D eigenvalue weighted by atomic mass is 10.0. The highest BCUT2D eigenvalue weighted by molar-refractivity contribution is 5.87. The van der Waals surface area contributed by atoms with Gasteiger partial charge in [0.25, 0.3) is 0 Å². The second kappa shape index (κ2) is 37.8. The molecule has 0 heterocycles. The van der Waals surface area contributed by atoms with Gasteiger partial charge in [0, 0.05) is 19.5 Å². The van der Waals surface area contributed by atoms with Gasteiger partial charge in [-0.1, -0.05) is 174 Å². The van der Waals surface area contributed by atoms with Crippen molar-refractivity contribution >= 4 is 17.8 Å². The van der Waals surface area contributed by atoms with Gasteiger partial charge in [-0.3, -0.25) is 15.0 Å². The first-order valence-electron chi connectivity index (χ1n) is 20.8. The summed E-state index contributed by atoms with van der Waals surface area (Å²) in [6, 6.07) is -0.603. The highest BCUT2D eigenvalue weighted by Gasteiger charge is 2.20. The van der Waals surface area contributed by atoms with E-state index in [1.54, 1.807) is 0 Å². The molecule has 1 atom stereocenters. The van der Waals surface area contributed by atoms with E-state index < -0.39 is 6.04 Å². The van der Waals surface area contributed by atoms with Crippen LogP contribution in [0.25, 0.3) is 0 Å². The number of unbranched alkanes of at least 4 members (excludes halogenated alkanes) is 26. The number of nitrogens with one attached hydrogen (secondary N) is 4. The summed E-state index contributed by atoms with van der Waals surface area (Å²) in [5, 5.41) is 16.1. The van der Waals surface area contributed by atoms with Gasteiger partial charge >= 0.3 is 0 Å². The number of carbonyl (C=O) groups is 2. The molecule has 0 aliphatic carbocycles. The average Bonchev–Trinajstić information content (AvgIpc) is 3.07. The minimum Gasteiger partial charge on any atom is -0.370 e. The highest BCUT2D eigenvalue weighted by Crippen LogP contribution is 2.14. The van der Waals surface area contributed by atoms with Crippen LogP contribution < -0.4 is 21.7 Å². The predicted molar refractivity (Wildman–Crippen MR) is 208 cm³/mol. The Labute approximate surface area is 298 Å². The molecule has 0 aromatic rings. The van der Waals surface area contributed by atoms with Crippen molar-refractivity contribution in [1.82, 2.24) is 16.0 Å². The maximum absolute atomic E-state index is 12.9. The number of carbonyl (C=O) groups excluding carboxylic acids is 2. The summed E-state index contributed by atoms with van der Waals surface area (Å²) < 4.78 is 0. The van der Waals surface area contributed by atoms with E-state index in [0.717, 1.165) is 38.5 Å². The number of hydrogen-bond donors (Lipinski definition) is 5. The molecular formula is C41H81N5O2. The molecule has 2 amide bonds. The molecule has 0 rings (SSSR count). The average molecular weight is 676 g/mol. The Kier molecular flexibility index (Phi) is 36.2. The maximum Gasteiger partial charge on any atom is 0.242 e. The number of nitrogens with two attached hydrogens (primary N) is 1. The van der Waals surface area contributed by atoms with Gasteiger partial charge in [-0.25, -0.2) is 0 Å². The molecular weight excluding hydrogens is 594 g/mol. The zero-order valence-electron chi connectivity index (χ0n) is 32.0. The highest BCUT2D eigenvalue weighted by atomic mass is 16.2. The zero-order chi connectivity index (χ0) is 35.2. The van der Waals surface area contributed by atoms with E-state index in [9.17, 15) is 9.59 Å². The molecule has 0 aliphatic heterocycles. The molecule has 0 saturated carbocycles. The van der Waals surface area contributed by atoms with Crippen molar-refractivity contribution in [3.63, 3.8) is 0 Å². The first-order chi connectivity index (χ1) is 23.5. The van der Waals surface area contributed by atoms with Gasteiger partial charge in [-0.2, -0.15) is 0 Å². The lowest BCUT2D eigenvalue weighted by Crippen LogP contribution is -2.48. The van der Waals surface area contributed by atoms with Crippen LogP contribution in [0.5, 0.6) is 0 Å². The molecule has 0 aromatic carbocycles. The summed E-state index contributed by atoms with van der Waals surface area (Å²) in [6.45, 7) is 5.55. The van der Waals surface area contributed by atoms with Crippen LogP contribution in [0.3, 0.4) is 0 Å². The van der Waals surface area contributed by atoms with Gasteiger partial charge in [-0.05, 0) is 44.9 Å². The molecule has 0 radical (unpaired) electrons. The normalized spacial score (nSPS) is 12.0. The quantitative estimate of drug-likeness (QED) is 0.0195. The van der Waals surface area contributed by atoms with Crippen molar-refractivity contribution in [3.05, 3.63) is 12.2 Å². The summed E-state index contributed by atoms with van der Waals surface area (Å²) in [5.74, 6) is -0.334. The van der Waals surface area contributed by atoms with Crippen molar-refractivity contribution in [2.24, 2.45) is 5.73 Å². The van der Waals surface area contributed by atoms with Crippen LogP contribution >= 0.6 is 0 Å². The number of amides is 2. The molecule has 0 fully saturated rings. The first-order valence-corrected chi connectivity index (χ1v) is 20.8. The van der Waals surface area contributed by atoms with E-state index in [1.165, 1.54) is 148 Å².